The summed E-state index contributed by atoms with van der Waals surface area (Å²) in [5, 5.41) is 1.44. The number of hydrogen-bond acceptors (Lipinski definition) is 5. The van der Waals surface area contributed by atoms with Crippen LogP contribution in [0.2, 0.25) is 5.02 Å². The number of benzene rings is 1. The van der Waals surface area contributed by atoms with E-state index in [0.717, 1.165) is 50.7 Å². The largest absolute Gasteiger partial charge is 0.346 e. The van der Waals surface area contributed by atoms with Crippen molar-refractivity contribution in [3.05, 3.63) is 46.5 Å². The number of hydrogen-bond donors (Lipinski definition) is 1. The van der Waals surface area contributed by atoms with Gasteiger partial charge in [0.1, 0.15) is 10.9 Å². The van der Waals surface area contributed by atoms with Crippen molar-refractivity contribution in [3.63, 3.8) is 0 Å². The lowest BCUT2D eigenvalue weighted by Gasteiger charge is -2.40. The summed E-state index contributed by atoms with van der Waals surface area (Å²) < 4.78 is 28.2. The van der Waals surface area contributed by atoms with Gasteiger partial charge in [-0.3, -0.25) is 9.69 Å². The lowest BCUT2D eigenvalue weighted by molar-refractivity contribution is -0.132. The smallest absolute Gasteiger partial charge is 0.223 e. The maximum atomic E-state index is 12.9. The quantitative estimate of drug-likeness (QED) is 0.467. The lowest BCUT2D eigenvalue weighted by Crippen LogP contribution is -2.48. The van der Waals surface area contributed by atoms with Crippen LogP contribution in [-0.4, -0.2) is 70.1 Å². The fraction of sp³-hybridized carbons (Fsp3) is 0.538. The minimum atomic E-state index is -3.59. The number of piperidine rings is 1. The summed E-state index contributed by atoms with van der Waals surface area (Å²) in [6.07, 6.45) is 6.43. The highest BCUT2D eigenvalue weighted by Gasteiger charge is 2.32. The van der Waals surface area contributed by atoms with Gasteiger partial charge >= 0.3 is 0 Å². The third kappa shape index (κ3) is 5.72. The number of carbonyl (C=O) groups is 1. The first-order valence-electron chi connectivity index (χ1n) is 13.0. The van der Waals surface area contributed by atoms with Crippen LogP contribution in [0.15, 0.2) is 29.3 Å². The van der Waals surface area contributed by atoms with Crippen LogP contribution in [0.5, 0.6) is 0 Å². The van der Waals surface area contributed by atoms with Crippen molar-refractivity contribution >= 4 is 63.1 Å². The lowest BCUT2D eigenvalue weighted by atomic mass is 9.99. The Kier molecular flexibility index (Phi) is 9.04. The number of sulfone groups is 1. The number of aromatic amines is 1. The third-order valence-electron chi connectivity index (χ3n) is 8.07. The van der Waals surface area contributed by atoms with E-state index in [0.29, 0.717) is 29.7 Å². The molecule has 3 aliphatic rings. The van der Waals surface area contributed by atoms with Gasteiger partial charge in [-0.1, -0.05) is 11.6 Å². The van der Waals surface area contributed by atoms with Gasteiger partial charge in [0.25, 0.3) is 0 Å². The topological polar surface area (TPSA) is 91.3 Å². The van der Waals surface area contributed by atoms with Gasteiger partial charge in [-0.2, -0.15) is 0 Å². The molecule has 1 fully saturated rings. The number of imidazole rings is 1. The molecular formula is C26H34Cl3N5O3S. The van der Waals surface area contributed by atoms with E-state index in [4.69, 9.17) is 16.6 Å². The molecule has 8 nitrogen and oxygen atoms in total. The highest BCUT2D eigenvalue weighted by atomic mass is 35.5. The zero-order valence-corrected chi connectivity index (χ0v) is 24.4. The number of H-pyrrole nitrogens is 1. The molecule has 38 heavy (non-hydrogen) atoms. The van der Waals surface area contributed by atoms with E-state index >= 15 is 0 Å². The van der Waals surface area contributed by atoms with Crippen molar-refractivity contribution in [3.8, 4) is 0 Å². The summed E-state index contributed by atoms with van der Waals surface area (Å²) >= 11 is 6.02. The van der Waals surface area contributed by atoms with Gasteiger partial charge in [-0.15, -0.1) is 24.8 Å². The summed E-state index contributed by atoms with van der Waals surface area (Å²) in [6, 6.07) is 7.26. The number of likely N-dealkylation sites (tertiary alicyclic amines) is 1. The number of rotatable bonds is 5. The monoisotopic (exact) mass is 601 g/mol. The number of nitrogens with zero attached hydrogens (tertiary/aromatic N) is 4. The van der Waals surface area contributed by atoms with Crippen LogP contribution >= 0.6 is 36.4 Å². The molecule has 0 unspecified atom stereocenters. The van der Waals surface area contributed by atoms with Crippen LogP contribution in [0.3, 0.4) is 0 Å². The highest BCUT2D eigenvalue weighted by Crippen LogP contribution is 2.29. The van der Waals surface area contributed by atoms with Gasteiger partial charge in [0.2, 0.25) is 5.91 Å². The summed E-state index contributed by atoms with van der Waals surface area (Å²) in [6.45, 7) is 4.43. The second-order valence-electron chi connectivity index (χ2n) is 10.3. The van der Waals surface area contributed by atoms with E-state index in [1.165, 1.54) is 30.1 Å². The molecule has 6 rings (SSSR count). The molecular weight excluding hydrogens is 569 g/mol. The number of carbonyl (C=O) groups excluding carboxylic acids is 1. The Labute approximate surface area is 240 Å². The average Bonchev–Trinajstić information content (AvgIpc) is 3.48. The number of aromatic nitrogens is 3. The van der Waals surface area contributed by atoms with Gasteiger partial charge in [0, 0.05) is 74.0 Å². The van der Waals surface area contributed by atoms with Crippen LogP contribution < -0.4 is 0 Å². The summed E-state index contributed by atoms with van der Waals surface area (Å²) in [5.74, 6) is 0.981. The number of fused-ring (bicyclic) bond motifs is 4. The van der Waals surface area contributed by atoms with E-state index < -0.39 is 9.84 Å². The van der Waals surface area contributed by atoms with Crippen molar-refractivity contribution in [1.29, 1.82) is 0 Å². The summed E-state index contributed by atoms with van der Waals surface area (Å²) in [5.41, 5.74) is 3.40. The van der Waals surface area contributed by atoms with Gasteiger partial charge in [-0.25, -0.2) is 13.4 Å². The van der Waals surface area contributed by atoms with Crippen LogP contribution in [-0.2, 0) is 40.6 Å². The van der Waals surface area contributed by atoms with Crippen molar-refractivity contribution in [2.45, 2.75) is 69.1 Å². The van der Waals surface area contributed by atoms with E-state index in [9.17, 15) is 13.2 Å². The highest BCUT2D eigenvalue weighted by molar-refractivity contribution is 7.91. The molecule has 0 bridgehead atoms. The fourth-order valence-corrected chi connectivity index (χ4v) is 7.44. The zero-order valence-electron chi connectivity index (χ0n) is 21.2. The Hall–Kier alpha value is -1.78. The molecule has 0 atom stereocenters. The molecule has 0 spiro atoms. The first-order valence-corrected chi connectivity index (χ1v) is 15.0. The molecule has 5 heterocycles. The summed E-state index contributed by atoms with van der Waals surface area (Å²) in [7, 11) is -3.59. The fourth-order valence-electron chi connectivity index (χ4n) is 6.02. The predicted octanol–water partition coefficient (Wildman–Crippen LogP) is 4.41. The third-order valence-corrected chi connectivity index (χ3v) is 9.93. The second kappa shape index (κ2) is 11.8. The molecule has 208 valence electrons. The predicted molar refractivity (Wildman–Crippen MR) is 153 cm³/mol. The normalized spacial score (nSPS) is 18.4. The first kappa shape index (κ1) is 29.2. The molecule has 0 aliphatic carbocycles. The number of halogens is 3. The standard InChI is InChI=1S/C26H32ClN5O3S.2ClH/c27-19-4-5-21-18(15-19)16-25(29-21)36(34,35)14-9-26(33)30-11-6-20(7-12-30)31-13-8-22-23(17-31)32-10-2-1-3-24(32)28-22;;/h4-5,15-16,20,29H,1-3,6-14,17H2;2*1H. The van der Waals surface area contributed by atoms with Crippen LogP contribution in [0, 0.1) is 0 Å². The molecule has 0 radical (unpaired) electrons. The van der Waals surface area contributed by atoms with E-state index in [-0.39, 0.29) is 47.9 Å². The Morgan fingerprint density at radius 2 is 1.84 bits per heavy atom. The van der Waals surface area contributed by atoms with Crippen molar-refractivity contribution in [2.24, 2.45) is 0 Å². The van der Waals surface area contributed by atoms with Crippen LogP contribution in [0.4, 0.5) is 0 Å². The average molecular weight is 603 g/mol. The van der Waals surface area contributed by atoms with Crippen molar-refractivity contribution in [2.75, 3.05) is 25.4 Å². The first-order chi connectivity index (χ1) is 17.4. The van der Waals surface area contributed by atoms with Crippen molar-refractivity contribution < 1.29 is 13.2 Å². The maximum absolute atomic E-state index is 12.9. The second-order valence-corrected chi connectivity index (χ2v) is 12.8. The Morgan fingerprint density at radius 1 is 1.05 bits per heavy atom. The molecule has 1 saturated heterocycles. The van der Waals surface area contributed by atoms with E-state index in [2.05, 4.69) is 14.5 Å². The molecule has 3 aliphatic heterocycles. The van der Waals surface area contributed by atoms with E-state index in [1.807, 2.05) is 4.90 Å². The van der Waals surface area contributed by atoms with E-state index in [1.54, 1.807) is 24.3 Å². The number of amides is 1. The SMILES string of the molecule is Cl.Cl.O=C(CCS(=O)(=O)c1cc2cc(Cl)ccc2[nH]1)N1CCC(N2CCc3nc4n(c3C2)CCCC4)CC1. The summed E-state index contributed by atoms with van der Waals surface area (Å²) in [4.78, 5) is 25.1. The van der Waals surface area contributed by atoms with Crippen LogP contribution in [0.1, 0.15) is 49.3 Å². The van der Waals surface area contributed by atoms with Crippen molar-refractivity contribution in [1.82, 2.24) is 24.3 Å². The van der Waals surface area contributed by atoms with Crippen LogP contribution in [0.25, 0.3) is 10.9 Å². The Bertz CT molecular complexity index is 1410. The minimum Gasteiger partial charge on any atom is -0.346 e. The van der Waals surface area contributed by atoms with Gasteiger partial charge in [-0.05, 0) is 49.9 Å². The number of nitrogens with one attached hydrogen (secondary N) is 1. The Morgan fingerprint density at radius 3 is 2.63 bits per heavy atom. The molecule has 2 aromatic heterocycles. The van der Waals surface area contributed by atoms with Gasteiger partial charge in [0.05, 0.1) is 17.1 Å². The van der Waals surface area contributed by atoms with Gasteiger partial charge < -0.3 is 14.5 Å². The van der Waals surface area contributed by atoms with Gasteiger partial charge in [0.15, 0.2) is 9.84 Å². The molecule has 1 amide bonds. The molecule has 3 aromatic rings. The Balaban J connectivity index is 0.00000168. The number of aryl methyl sites for hydroxylation is 1. The zero-order chi connectivity index (χ0) is 24.9. The molecule has 1 N–H and O–H groups in total. The molecule has 0 saturated carbocycles. The minimum absolute atomic E-state index is 0. The molecule has 1 aromatic carbocycles. The maximum Gasteiger partial charge on any atom is 0.223 e. The molecule has 12 heteroatoms.